The predicted molar refractivity (Wildman–Crippen MR) is 98.9 cm³/mol. The van der Waals surface area contributed by atoms with Gasteiger partial charge in [0, 0.05) is 23.6 Å². The average Bonchev–Trinajstić information content (AvgIpc) is 2.62. The van der Waals surface area contributed by atoms with Crippen molar-refractivity contribution in [3.05, 3.63) is 35.9 Å². The first kappa shape index (κ1) is 18.2. The molecule has 1 aromatic carbocycles. The third-order valence-electron chi connectivity index (χ3n) is 3.84. The lowest BCUT2D eigenvalue weighted by atomic mass is 10.1. The lowest BCUT2D eigenvalue weighted by Crippen LogP contribution is -2.26. The summed E-state index contributed by atoms with van der Waals surface area (Å²) in [4.78, 5) is 12.2. The Kier molecular flexibility index (Phi) is 7.49. The molecule has 0 aliphatic carbocycles. The number of likely N-dealkylation sites (N-methyl/N-ethyl adjacent to an activating group) is 1. The average molecular weight is 329 g/mol. The van der Waals surface area contributed by atoms with E-state index in [0.717, 1.165) is 42.5 Å². The molecule has 1 heterocycles. The zero-order valence-electron chi connectivity index (χ0n) is 14.9. The maximum absolute atomic E-state index is 5.67. The molecular formula is C19H27N3O2. The van der Waals surface area contributed by atoms with Gasteiger partial charge >= 0.3 is 0 Å². The molecule has 0 N–H and O–H groups in total. The fourth-order valence-electron chi connectivity index (χ4n) is 2.42. The first-order chi connectivity index (χ1) is 11.8. The van der Waals surface area contributed by atoms with Crippen LogP contribution in [0, 0.1) is 0 Å². The molecule has 5 heteroatoms. The molecule has 1 aromatic heterocycles. The van der Waals surface area contributed by atoms with Gasteiger partial charge in [0.15, 0.2) is 0 Å². The molecule has 0 spiro atoms. The monoisotopic (exact) mass is 329 g/mol. The van der Waals surface area contributed by atoms with E-state index in [9.17, 15) is 0 Å². The van der Waals surface area contributed by atoms with Crippen LogP contribution in [0.5, 0.6) is 5.88 Å². The van der Waals surface area contributed by atoms with Crippen molar-refractivity contribution in [3.8, 4) is 5.88 Å². The van der Waals surface area contributed by atoms with Crippen molar-refractivity contribution in [2.24, 2.45) is 5.16 Å². The highest BCUT2D eigenvalue weighted by Gasteiger charge is 2.05. The number of hydrogen-bond donors (Lipinski definition) is 0. The normalized spacial score (nSPS) is 11.5. The smallest absolute Gasteiger partial charge is 0.214 e. The molecule has 0 bridgehead atoms. The summed E-state index contributed by atoms with van der Waals surface area (Å²) in [5, 5.41) is 5.16. The van der Waals surface area contributed by atoms with Gasteiger partial charge in [0.2, 0.25) is 5.88 Å². The Morgan fingerprint density at radius 3 is 2.67 bits per heavy atom. The number of hydrogen-bond acceptors (Lipinski definition) is 5. The fourth-order valence-corrected chi connectivity index (χ4v) is 2.42. The molecule has 130 valence electrons. The van der Waals surface area contributed by atoms with Gasteiger partial charge in [0.25, 0.3) is 0 Å². The summed E-state index contributed by atoms with van der Waals surface area (Å²) < 4.78 is 5.67. The lowest BCUT2D eigenvalue weighted by molar-refractivity contribution is 0.115. The van der Waals surface area contributed by atoms with Gasteiger partial charge in [-0.25, -0.2) is 4.98 Å². The van der Waals surface area contributed by atoms with E-state index < -0.39 is 0 Å². The number of fused-ring (bicyclic) bond motifs is 1. The number of ether oxygens (including phenoxy) is 1. The summed E-state index contributed by atoms with van der Waals surface area (Å²) in [7, 11) is 0. The highest BCUT2D eigenvalue weighted by Crippen LogP contribution is 2.21. The van der Waals surface area contributed by atoms with Gasteiger partial charge in [-0.15, -0.1) is 0 Å². The summed E-state index contributed by atoms with van der Waals surface area (Å²) in [6.07, 6.45) is 2.69. The molecule has 2 aromatic rings. The molecule has 0 saturated heterocycles. The van der Waals surface area contributed by atoms with Crippen LogP contribution in [-0.4, -0.2) is 48.9 Å². The minimum atomic E-state index is 0.584. The van der Waals surface area contributed by atoms with Crippen molar-refractivity contribution >= 4 is 17.1 Å². The SMILES string of the molecule is CCCOc1cc(/C=N/OCCN(CC)CC)c2ccccc2n1. The summed E-state index contributed by atoms with van der Waals surface area (Å²) in [5.41, 5.74) is 1.85. The Bertz CT molecular complexity index is 654. The number of rotatable bonds is 10. The fraction of sp³-hybridized carbons (Fsp3) is 0.474. The van der Waals surface area contributed by atoms with Crippen LogP contribution in [0.2, 0.25) is 0 Å². The zero-order chi connectivity index (χ0) is 17.2. The quantitative estimate of drug-likeness (QED) is 0.379. The van der Waals surface area contributed by atoms with Crippen molar-refractivity contribution in [3.63, 3.8) is 0 Å². The van der Waals surface area contributed by atoms with Crippen molar-refractivity contribution in [1.29, 1.82) is 0 Å². The van der Waals surface area contributed by atoms with Crippen LogP contribution in [0.1, 0.15) is 32.8 Å². The van der Waals surface area contributed by atoms with Gasteiger partial charge in [-0.05, 0) is 25.6 Å². The van der Waals surface area contributed by atoms with Crippen LogP contribution in [0.3, 0.4) is 0 Å². The van der Waals surface area contributed by atoms with E-state index in [-0.39, 0.29) is 0 Å². The minimum Gasteiger partial charge on any atom is -0.478 e. The lowest BCUT2D eigenvalue weighted by Gasteiger charge is -2.16. The van der Waals surface area contributed by atoms with E-state index in [1.54, 1.807) is 6.21 Å². The second-order valence-electron chi connectivity index (χ2n) is 5.51. The molecule has 24 heavy (non-hydrogen) atoms. The molecule has 0 saturated carbocycles. The maximum Gasteiger partial charge on any atom is 0.214 e. The number of pyridine rings is 1. The summed E-state index contributed by atoms with van der Waals surface area (Å²) in [5.74, 6) is 0.625. The van der Waals surface area contributed by atoms with E-state index in [4.69, 9.17) is 9.57 Å². The minimum absolute atomic E-state index is 0.584. The number of oxime groups is 1. The standard InChI is InChI=1S/C19H27N3O2/c1-4-12-23-19-14-16(17-9-7-8-10-18(17)21-19)15-20-24-13-11-22(5-2)6-3/h7-10,14-15H,4-6,11-13H2,1-3H3/b20-15+. The molecule has 0 aliphatic rings. The molecule has 0 unspecified atom stereocenters. The van der Waals surface area contributed by atoms with Gasteiger partial charge in [0.1, 0.15) is 6.61 Å². The van der Waals surface area contributed by atoms with Crippen molar-refractivity contribution in [2.45, 2.75) is 27.2 Å². The van der Waals surface area contributed by atoms with E-state index in [1.165, 1.54) is 0 Å². The van der Waals surface area contributed by atoms with Gasteiger partial charge in [-0.2, -0.15) is 0 Å². The molecular weight excluding hydrogens is 302 g/mol. The zero-order valence-corrected chi connectivity index (χ0v) is 14.9. The topological polar surface area (TPSA) is 47.0 Å². The van der Waals surface area contributed by atoms with Gasteiger partial charge in [-0.1, -0.05) is 44.1 Å². The summed E-state index contributed by atoms with van der Waals surface area (Å²) in [6, 6.07) is 9.89. The molecule has 0 atom stereocenters. The van der Waals surface area contributed by atoms with Crippen LogP contribution in [-0.2, 0) is 4.84 Å². The summed E-state index contributed by atoms with van der Waals surface area (Å²) >= 11 is 0. The number of benzene rings is 1. The third-order valence-corrected chi connectivity index (χ3v) is 3.84. The Morgan fingerprint density at radius 1 is 1.12 bits per heavy atom. The molecule has 0 fully saturated rings. The number of nitrogens with zero attached hydrogens (tertiary/aromatic N) is 3. The van der Waals surface area contributed by atoms with Crippen LogP contribution in [0.15, 0.2) is 35.5 Å². The van der Waals surface area contributed by atoms with Crippen LogP contribution in [0.25, 0.3) is 10.9 Å². The van der Waals surface area contributed by atoms with E-state index >= 15 is 0 Å². The van der Waals surface area contributed by atoms with E-state index in [2.05, 4.69) is 35.8 Å². The van der Waals surface area contributed by atoms with Crippen molar-refractivity contribution in [2.75, 3.05) is 32.8 Å². The predicted octanol–water partition coefficient (Wildman–Crippen LogP) is 3.72. The van der Waals surface area contributed by atoms with Gasteiger partial charge < -0.3 is 14.5 Å². The Labute approximate surface area is 144 Å². The van der Waals surface area contributed by atoms with E-state index in [1.807, 2.05) is 30.3 Å². The maximum atomic E-state index is 5.67. The highest BCUT2D eigenvalue weighted by molar-refractivity contribution is 5.98. The number of para-hydroxylation sites is 1. The Hall–Kier alpha value is -2.14. The third kappa shape index (κ3) is 5.20. The van der Waals surface area contributed by atoms with Crippen molar-refractivity contribution in [1.82, 2.24) is 9.88 Å². The van der Waals surface area contributed by atoms with Crippen LogP contribution >= 0.6 is 0 Å². The molecule has 0 amide bonds. The first-order valence-electron chi connectivity index (χ1n) is 8.68. The Morgan fingerprint density at radius 2 is 1.92 bits per heavy atom. The molecule has 5 nitrogen and oxygen atoms in total. The van der Waals surface area contributed by atoms with Crippen molar-refractivity contribution < 1.29 is 9.57 Å². The van der Waals surface area contributed by atoms with Crippen LogP contribution in [0.4, 0.5) is 0 Å². The van der Waals surface area contributed by atoms with Gasteiger partial charge in [0.05, 0.1) is 18.3 Å². The van der Waals surface area contributed by atoms with Gasteiger partial charge in [-0.3, -0.25) is 0 Å². The highest BCUT2D eigenvalue weighted by atomic mass is 16.6. The molecule has 0 aliphatic heterocycles. The largest absolute Gasteiger partial charge is 0.478 e. The second-order valence-corrected chi connectivity index (χ2v) is 5.51. The molecule has 2 rings (SSSR count). The number of aromatic nitrogens is 1. The first-order valence-corrected chi connectivity index (χ1v) is 8.68. The van der Waals surface area contributed by atoms with Crippen LogP contribution < -0.4 is 4.74 Å². The molecule has 0 radical (unpaired) electrons. The van der Waals surface area contributed by atoms with E-state index in [0.29, 0.717) is 19.1 Å². The summed E-state index contributed by atoms with van der Waals surface area (Å²) in [6.45, 7) is 10.5. The second kappa shape index (κ2) is 9.88. The Balaban J connectivity index is 2.07.